The highest BCUT2D eigenvalue weighted by Gasteiger charge is 2.08. The van der Waals surface area contributed by atoms with E-state index in [0.29, 0.717) is 0 Å². The number of hydrogen-bond acceptors (Lipinski definition) is 2. The second-order valence-electron chi connectivity index (χ2n) is 3.04. The monoisotopic (exact) mass is 208 g/mol. The number of rotatable bonds is 2. The molecule has 14 heavy (non-hydrogen) atoms. The average Bonchev–Trinajstić information content (AvgIpc) is 2.08. The van der Waals surface area contributed by atoms with Crippen molar-refractivity contribution in [3.05, 3.63) is 35.4 Å². The van der Waals surface area contributed by atoms with Crippen LogP contribution in [0.15, 0.2) is 24.3 Å². The van der Waals surface area contributed by atoms with Crippen LogP contribution in [-0.4, -0.2) is 8.42 Å². The summed E-state index contributed by atoms with van der Waals surface area (Å²) in [6.07, 6.45) is 0. The molecule has 0 aliphatic heterocycles. The first-order valence-corrected chi connectivity index (χ1v) is 5.91. The van der Waals surface area contributed by atoms with Gasteiger partial charge in [-0.2, -0.15) is 0 Å². The molecular formula is C11H12O2S. The Morgan fingerprint density at radius 1 is 1.29 bits per heavy atom. The van der Waals surface area contributed by atoms with E-state index in [9.17, 15) is 8.42 Å². The Hall–Kier alpha value is -1.27. The molecule has 0 saturated heterocycles. The summed E-state index contributed by atoms with van der Waals surface area (Å²) in [4.78, 5) is 0. The normalized spacial score (nSPS) is 10.4. The Balaban J connectivity index is 2.99. The van der Waals surface area contributed by atoms with E-state index in [1.165, 1.54) is 6.92 Å². The Labute approximate surface area is 84.9 Å². The third kappa shape index (κ3) is 2.90. The fourth-order valence-corrected chi connectivity index (χ4v) is 2.28. The van der Waals surface area contributed by atoms with Crippen LogP contribution in [0.25, 0.3) is 0 Å². The zero-order valence-electron chi connectivity index (χ0n) is 8.24. The lowest BCUT2D eigenvalue weighted by molar-refractivity contribution is 0.605. The molecule has 0 unspecified atom stereocenters. The number of benzene rings is 1. The Bertz CT molecular complexity index is 475. The fraction of sp³-hybridized carbons (Fsp3) is 0.273. The van der Waals surface area contributed by atoms with Crippen LogP contribution in [0.5, 0.6) is 0 Å². The van der Waals surface area contributed by atoms with Crippen LogP contribution in [0, 0.1) is 18.1 Å². The van der Waals surface area contributed by atoms with Gasteiger partial charge in [0.1, 0.15) is 0 Å². The lowest BCUT2D eigenvalue weighted by Crippen LogP contribution is -2.01. The minimum absolute atomic E-state index is 0.000509. The zero-order valence-corrected chi connectivity index (χ0v) is 9.06. The first-order valence-electron chi connectivity index (χ1n) is 4.26. The predicted octanol–water partition coefficient (Wildman–Crippen LogP) is 1.89. The van der Waals surface area contributed by atoms with Crippen molar-refractivity contribution in [1.29, 1.82) is 0 Å². The van der Waals surface area contributed by atoms with E-state index in [-0.39, 0.29) is 5.75 Å². The minimum Gasteiger partial charge on any atom is -0.215 e. The van der Waals surface area contributed by atoms with Crippen molar-refractivity contribution in [2.75, 3.05) is 0 Å². The maximum absolute atomic E-state index is 11.4. The van der Waals surface area contributed by atoms with Crippen LogP contribution in [0.1, 0.15) is 18.1 Å². The first kappa shape index (κ1) is 10.8. The summed E-state index contributed by atoms with van der Waals surface area (Å²) in [5, 5.41) is 2.22. The maximum Gasteiger partial charge on any atom is 0.220 e. The smallest absolute Gasteiger partial charge is 0.215 e. The first-order chi connectivity index (χ1) is 6.55. The molecule has 0 N–H and O–H groups in total. The molecule has 74 valence electrons. The van der Waals surface area contributed by atoms with Gasteiger partial charge in [0, 0.05) is 5.25 Å². The summed E-state index contributed by atoms with van der Waals surface area (Å²) in [7, 11) is -3.27. The molecule has 0 fully saturated rings. The Morgan fingerprint density at radius 2 is 1.93 bits per heavy atom. The van der Waals surface area contributed by atoms with Gasteiger partial charge in [0.15, 0.2) is 0 Å². The van der Waals surface area contributed by atoms with E-state index >= 15 is 0 Å². The topological polar surface area (TPSA) is 34.1 Å². The third-order valence-corrected chi connectivity index (χ3v) is 3.07. The van der Waals surface area contributed by atoms with Gasteiger partial charge in [-0.05, 0) is 25.0 Å². The van der Waals surface area contributed by atoms with Gasteiger partial charge in [-0.3, -0.25) is 0 Å². The molecule has 0 aromatic heterocycles. The van der Waals surface area contributed by atoms with E-state index in [0.717, 1.165) is 11.1 Å². The van der Waals surface area contributed by atoms with Gasteiger partial charge < -0.3 is 0 Å². The van der Waals surface area contributed by atoms with E-state index < -0.39 is 9.84 Å². The summed E-state index contributed by atoms with van der Waals surface area (Å²) < 4.78 is 22.8. The highest BCUT2D eigenvalue weighted by atomic mass is 32.2. The van der Waals surface area contributed by atoms with Crippen LogP contribution in [0.4, 0.5) is 0 Å². The minimum atomic E-state index is -3.27. The SMILES string of the molecule is CC#CS(=O)(=O)Cc1ccccc1C. The van der Waals surface area contributed by atoms with Crippen molar-refractivity contribution in [3.8, 4) is 11.2 Å². The van der Waals surface area contributed by atoms with Crippen molar-refractivity contribution in [2.24, 2.45) is 0 Å². The largest absolute Gasteiger partial charge is 0.220 e. The van der Waals surface area contributed by atoms with Crippen molar-refractivity contribution in [2.45, 2.75) is 19.6 Å². The number of hydrogen-bond donors (Lipinski definition) is 0. The fourth-order valence-electron chi connectivity index (χ4n) is 1.17. The highest BCUT2D eigenvalue weighted by Crippen LogP contribution is 2.10. The molecule has 1 aromatic rings. The lowest BCUT2D eigenvalue weighted by Gasteiger charge is -2.02. The summed E-state index contributed by atoms with van der Waals surface area (Å²) in [5.41, 5.74) is 1.80. The molecule has 0 heterocycles. The summed E-state index contributed by atoms with van der Waals surface area (Å²) in [5.74, 6) is 2.41. The van der Waals surface area contributed by atoms with Crippen LogP contribution >= 0.6 is 0 Å². The molecule has 3 heteroatoms. The maximum atomic E-state index is 11.4. The molecule has 0 bridgehead atoms. The van der Waals surface area contributed by atoms with Crippen LogP contribution in [-0.2, 0) is 15.6 Å². The molecule has 0 amide bonds. The average molecular weight is 208 g/mol. The van der Waals surface area contributed by atoms with E-state index in [1.807, 2.05) is 31.2 Å². The van der Waals surface area contributed by atoms with Gasteiger partial charge in [0.05, 0.1) is 5.75 Å². The van der Waals surface area contributed by atoms with Gasteiger partial charge in [0.2, 0.25) is 9.84 Å². The van der Waals surface area contributed by atoms with E-state index in [4.69, 9.17) is 0 Å². The number of sulfone groups is 1. The quantitative estimate of drug-likeness (QED) is 0.549. The molecule has 0 aliphatic rings. The Morgan fingerprint density at radius 3 is 2.50 bits per heavy atom. The second-order valence-corrected chi connectivity index (χ2v) is 4.76. The molecule has 0 saturated carbocycles. The van der Waals surface area contributed by atoms with Crippen molar-refractivity contribution in [1.82, 2.24) is 0 Å². The summed E-state index contributed by atoms with van der Waals surface area (Å²) in [6.45, 7) is 3.42. The second kappa shape index (κ2) is 4.30. The van der Waals surface area contributed by atoms with Crippen molar-refractivity contribution >= 4 is 9.84 Å². The predicted molar refractivity (Wildman–Crippen MR) is 57.3 cm³/mol. The lowest BCUT2D eigenvalue weighted by atomic mass is 10.1. The molecule has 1 rings (SSSR count). The molecule has 0 aliphatic carbocycles. The summed E-state index contributed by atoms with van der Waals surface area (Å²) >= 11 is 0. The van der Waals surface area contributed by atoms with Gasteiger partial charge in [-0.15, -0.1) is 0 Å². The zero-order chi connectivity index (χ0) is 10.6. The third-order valence-electron chi connectivity index (χ3n) is 1.86. The van der Waals surface area contributed by atoms with E-state index in [1.54, 1.807) is 0 Å². The van der Waals surface area contributed by atoms with Gasteiger partial charge in [0.25, 0.3) is 0 Å². The molecule has 0 atom stereocenters. The van der Waals surface area contributed by atoms with Crippen molar-refractivity contribution in [3.63, 3.8) is 0 Å². The van der Waals surface area contributed by atoms with E-state index in [2.05, 4.69) is 11.2 Å². The van der Waals surface area contributed by atoms with Crippen LogP contribution < -0.4 is 0 Å². The molecule has 0 spiro atoms. The standard InChI is InChI=1S/C11H12O2S/c1-3-8-14(12,13)9-11-7-5-4-6-10(11)2/h4-7H,9H2,1-2H3. The molecular weight excluding hydrogens is 196 g/mol. The van der Waals surface area contributed by atoms with Crippen LogP contribution in [0.2, 0.25) is 0 Å². The highest BCUT2D eigenvalue weighted by molar-refractivity contribution is 7.95. The van der Waals surface area contributed by atoms with Gasteiger partial charge in [-0.1, -0.05) is 30.2 Å². The molecule has 0 radical (unpaired) electrons. The van der Waals surface area contributed by atoms with Crippen LogP contribution in [0.3, 0.4) is 0 Å². The number of aryl methyl sites for hydroxylation is 1. The van der Waals surface area contributed by atoms with Gasteiger partial charge in [-0.25, -0.2) is 8.42 Å². The Kier molecular flexibility index (Phi) is 3.32. The van der Waals surface area contributed by atoms with Crippen molar-refractivity contribution < 1.29 is 8.42 Å². The van der Waals surface area contributed by atoms with Gasteiger partial charge >= 0.3 is 0 Å². The molecule has 1 aromatic carbocycles. The molecule has 2 nitrogen and oxygen atoms in total. The summed E-state index contributed by atoms with van der Waals surface area (Å²) in [6, 6.07) is 7.42.